The fraction of sp³-hybridized carbons (Fsp3) is 0.167. The van der Waals surface area contributed by atoms with Gasteiger partial charge in [-0.1, -0.05) is 64.3 Å². The fourth-order valence-electron chi connectivity index (χ4n) is 2.13. The Morgan fingerprint density at radius 1 is 1.14 bits per heavy atom. The predicted octanol–water partition coefficient (Wildman–Crippen LogP) is 5.38. The molecule has 0 fully saturated rings. The van der Waals surface area contributed by atoms with Crippen molar-refractivity contribution in [2.45, 2.75) is 18.7 Å². The van der Waals surface area contributed by atoms with Crippen LogP contribution in [0.25, 0.3) is 0 Å². The van der Waals surface area contributed by atoms with Crippen molar-refractivity contribution in [2.24, 2.45) is 0 Å². The van der Waals surface area contributed by atoms with Crippen molar-refractivity contribution in [1.29, 1.82) is 0 Å². The second-order valence-electron chi connectivity index (χ2n) is 5.75. The molecule has 0 aliphatic heterocycles. The highest BCUT2D eigenvalue weighted by Crippen LogP contribution is 2.32. The van der Waals surface area contributed by atoms with Crippen LogP contribution in [0.5, 0.6) is 5.75 Å². The third-order valence-electron chi connectivity index (χ3n) is 3.52. The summed E-state index contributed by atoms with van der Waals surface area (Å²) in [5, 5.41) is 10.9. The molecule has 0 atom stereocenters. The molecule has 0 saturated carbocycles. The predicted molar refractivity (Wildman–Crippen MR) is 113 cm³/mol. The van der Waals surface area contributed by atoms with Gasteiger partial charge in [-0.05, 0) is 31.2 Å². The van der Waals surface area contributed by atoms with Gasteiger partial charge in [0.25, 0.3) is 0 Å². The molecule has 1 heterocycles. The Morgan fingerprint density at radius 2 is 1.86 bits per heavy atom. The van der Waals surface area contributed by atoms with Gasteiger partial charge in [-0.15, -0.1) is 5.10 Å². The number of hydrogen-bond donors (Lipinski definition) is 2. The number of rotatable bonds is 7. The lowest BCUT2D eigenvalue weighted by atomic mass is 10.2. The number of carbonyl (C=O) groups excluding carboxylic acids is 1. The summed E-state index contributed by atoms with van der Waals surface area (Å²) in [6.45, 7) is 2.26. The van der Waals surface area contributed by atoms with E-state index >= 15 is 0 Å². The lowest BCUT2D eigenvalue weighted by Gasteiger charge is -2.08. The van der Waals surface area contributed by atoms with Crippen molar-refractivity contribution in [2.75, 3.05) is 11.1 Å². The highest BCUT2D eigenvalue weighted by molar-refractivity contribution is 7.99. The average Bonchev–Trinajstić information content (AvgIpc) is 3.12. The van der Waals surface area contributed by atoms with Crippen LogP contribution in [0.15, 0.2) is 41.6 Å². The Labute approximate surface area is 180 Å². The average molecular weight is 458 g/mol. The zero-order valence-corrected chi connectivity index (χ0v) is 17.7. The molecule has 0 bridgehead atoms. The molecule has 1 amide bonds. The third-order valence-corrected chi connectivity index (χ3v) is 5.41. The molecule has 28 heavy (non-hydrogen) atoms. The molecule has 3 aromatic rings. The van der Waals surface area contributed by atoms with Crippen molar-refractivity contribution >= 4 is 58.2 Å². The first-order chi connectivity index (χ1) is 13.4. The number of anilines is 1. The number of aryl methyl sites for hydroxylation is 1. The maximum atomic E-state index is 12.1. The van der Waals surface area contributed by atoms with Gasteiger partial charge in [0, 0.05) is 0 Å². The number of aromatic amines is 1. The van der Waals surface area contributed by atoms with Gasteiger partial charge in [-0.2, -0.15) is 0 Å². The summed E-state index contributed by atoms with van der Waals surface area (Å²) in [7, 11) is 0. The van der Waals surface area contributed by atoms with Gasteiger partial charge in [0.2, 0.25) is 11.1 Å². The van der Waals surface area contributed by atoms with Gasteiger partial charge in [-0.25, -0.2) is 4.98 Å². The maximum Gasteiger partial charge on any atom is 0.234 e. The molecule has 3 rings (SSSR count). The van der Waals surface area contributed by atoms with E-state index in [4.69, 9.17) is 39.5 Å². The largest absolute Gasteiger partial charge is 0.486 e. The molecule has 0 radical (unpaired) electrons. The summed E-state index contributed by atoms with van der Waals surface area (Å²) in [6.07, 6.45) is 0. The number of amides is 1. The summed E-state index contributed by atoms with van der Waals surface area (Å²) in [5.41, 5.74) is 1.55. The molecule has 2 aromatic carbocycles. The number of nitrogens with one attached hydrogen (secondary N) is 2. The quantitative estimate of drug-likeness (QED) is 0.367. The topological polar surface area (TPSA) is 79.9 Å². The molecule has 0 unspecified atom stereocenters. The number of aromatic nitrogens is 3. The molecule has 146 valence electrons. The van der Waals surface area contributed by atoms with E-state index in [9.17, 15) is 4.79 Å². The van der Waals surface area contributed by atoms with Gasteiger partial charge >= 0.3 is 0 Å². The Kier molecular flexibility index (Phi) is 7.07. The Hall–Kier alpha value is -1.93. The number of thioether (sulfide) groups is 1. The molecule has 0 aliphatic carbocycles. The Morgan fingerprint density at radius 3 is 2.61 bits per heavy atom. The van der Waals surface area contributed by atoms with Crippen LogP contribution in [0.4, 0.5) is 5.69 Å². The first kappa shape index (κ1) is 20.8. The van der Waals surface area contributed by atoms with Gasteiger partial charge in [0.15, 0.2) is 5.82 Å². The van der Waals surface area contributed by atoms with Crippen LogP contribution in [-0.2, 0) is 11.4 Å². The number of benzene rings is 2. The van der Waals surface area contributed by atoms with E-state index in [2.05, 4.69) is 20.5 Å². The molecule has 0 spiro atoms. The van der Waals surface area contributed by atoms with Gasteiger partial charge in [-0.3, -0.25) is 9.89 Å². The first-order valence-corrected chi connectivity index (χ1v) is 10.2. The van der Waals surface area contributed by atoms with Crippen LogP contribution < -0.4 is 10.1 Å². The number of ether oxygens (including phenoxy) is 1. The van der Waals surface area contributed by atoms with Crippen molar-refractivity contribution in [3.63, 3.8) is 0 Å². The van der Waals surface area contributed by atoms with Crippen molar-refractivity contribution < 1.29 is 9.53 Å². The zero-order chi connectivity index (χ0) is 20.1. The van der Waals surface area contributed by atoms with Crippen LogP contribution in [0.3, 0.4) is 0 Å². The highest BCUT2D eigenvalue weighted by atomic mass is 35.5. The number of nitrogens with zero attached hydrogens (tertiary/aromatic N) is 2. The number of halogens is 3. The molecule has 2 N–H and O–H groups in total. The monoisotopic (exact) mass is 456 g/mol. The van der Waals surface area contributed by atoms with E-state index in [0.717, 1.165) is 11.3 Å². The fourth-order valence-corrected chi connectivity index (χ4v) is 3.34. The Bertz CT molecular complexity index is 979. The van der Waals surface area contributed by atoms with E-state index in [0.29, 0.717) is 31.7 Å². The van der Waals surface area contributed by atoms with Gasteiger partial charge < -0.3 is 10.1 Å². The van der Waals surface area contributed by atoms with Crippen molar-refractivity contribution in [3.8, 4) is 5.75 Å². The molecule has 0 aliphatic rings. The van der Waals surface area contributed by atoms with E-state index in [-0.39, 0.29) is 18.3 Å². The van der Waals surface area contributed by atoms with E-state index in [1.54, 1.807) is 0 Å². The van der Waals surface area contributed by atoms with Crippen LogP contribution in [0.1, 0.15) is 11.4 Å². The maximum absolute atomic E-state index is 12.1. The number of hydrogen-bond acceptors (Lipinski definition) is 5. The van der Waals surface area contributed by atoms with Crippen LogP contribution in [0.2, 0.25) is 15.1 Å². The molecule has 6 nitrogen and oxygen atoms in total. The number of carbonyl (C=O) groups is 1. The molecular weight excluding hydrogens is 443 g/mol. The SMILES string of the molecule is Cc1ccc(OCc2nc(SCC(=O)Nc3cc(Cl)c(Cl)cc3Cl)n[nH]2)cc1. The lowest BCUT2D eigenvalue weighted by Crippen LogP contribution is -2.14. The molecular formula is C18H15Cl3N4O2S. The molecule has 10 heteroatoms. The molecule has 0 saturated heterocycles. The second-order valence-corrected chi connectivity index (χ2v) is 7.91. The Balaban J connectivity index is 1.49. The van der Waals surface area contributed by atoms with Crippen LogP contribution in [-0.4, -0.2) is 26.8 Å². The summed E-state index contributed by atoms with van der Waals surface area (Å²) >= 11 is 19.1. The summed E-state index contributed by atoms with van der Waals surface area (Å²) in [6, 6.07) is 10.7. The zero-order valence-electron chi connectivity index (χ0n) is 14.6. The van der Waals surface area contributed by atoms with Crippen molar-refractivity contribution in [1.82, 2.24) is 15.2 Å². The second kappa shape index (κ2) is 9.52. The van der Waals surface area contributed by atoms with E-state index < -0.39 is 0 Å². The summed E-state index contributed by atoms with van der Waals surface area (Å²) in [4.78, 5) is 16.4. The third kappa shape index (κ3) is 5.78. The van der Waals surface area contributed by atoms with Crippen molar-refractivity contribution in [3.05, 3.63) is 62.9 Å². The highest BCUT2D eigenvalue weighted by Gasteiger charge is 2.12. The first-order valence-electron chi connectivity index (χ1n) is 8.08. The van der Waals surface area contributed by atoms with Crippen LogP contribution >= 0.6 is 46.6 Å². The van der Waals surface area contributed by atoms with E-state index in [1.165, 1.54) is 23.9 Å². The smallest absolute Gasteiger partial charge is 0.234 e. The minimum Gasteiger partial charge on any atom is -0.486 e. The summed E-state index contributed by atoms with van der Waals surface area (Å²) in [5.74, 6) is 1.14. The number of H-pyrrole nitrogens is 1. The van der Waals surface area contributed by atoms with Gasteiger partial charge in [0.1, 0.15) is 12.4 Å². The van der Waals surface area contributed by atoms with Gasteiger partial charge in [0.05, 0.1) is 26.5 Å². The normalized spacial score (nSPS) is 10.7. The van der Waals surface area contributed by atoms with Crippen LogP contribution in [0, 0.1) is 6.92 Å². The minimum absolute atomic E-state index is 0.104. The van der Waals surface area contributed by atoms with E-state index in [1.807, 2.05) is 31.2 Å². The minimum atomic E-state index is -0.271. The lowest BCUT2D eigenvalue weighted by molar-refractivity contribution is -0.113. The summed E-state index contributed by atoms with van der Waals surface area (Å²) < 4.78 is 5.64. The molecule has 1 aromatic heterocycles. The standard InChI is InChI=1S/C18H15Cl3N4O2S/c1-10-2-4-11(5-3-10)27-8-16-23-18(25-24-16)28-9-17(26)22-15-7-13(20)12(19)6-14(15)21/h2-7H,8-9H2,1H3,(H,22,26)(H,23,24,25).